The lowest BCUT2D eigenvalue weighted by atomic mass is 9.91. The summed E-state index contributed by atoms with van der Waals surface area (Å²) in [5.74, 6) is 1.34. The average Bonchev–Trinajstić information content (AvgIpc) is 3.29. The highest BCUT2D eigenvalue weighted by atomic mass is 16.2. The van der Waals surface area contributed by atoms with Crippen molar-refractivity contribution in [2.45, 2.75) is 58.9 Å². The minimum Gasteiger partial charge on any atom is -0.355 e. The molecule has 8 heteroatoms. The van der Waals surface area contributed by atoms with E-state index in [4.69, 9.17) is 0 Å². The summed E-state index contributed by atoms with van der Waals surface area (Å²) in [4.78, 5) is 15.3. The molecule has 32 heavy (non-hydrogen) atoms. The number of piperidine rings is 1. The quantitative estimate of drug-likeness (QED) is 0.582. The van der Waals surface area contributed by atoms with Crippen LogP contribution in [0.15, 0.2) is 36.4 Å². The smallest absolute Gasteiger partial charge is 0.223 e. The lowest BCUT2D eigenvalue weighted by Gasteiger charge is -2.33. The molecule has 1 fully saturated rings. The van der Waals surface area contributed by atoms with Gasteiger partial charge in [-0.1, -0.05) is 51.5 Å². The highest BCUT2D eigenvalue weighted by Crippen LogP contribution is 2.26. The molecule has 1 aliphatic heterocycles. The lowest BCUT2D eigenvalue weighted by molar-refractivity contribution is -0.126. The van der Waals surface area contributed by atoms with Gasteiger partial charge in [-0.15, -0.1) is 14.8 Å². The molecule has 8 nitrogen and oxygen atoms in total. The van der Waals surface area contributed by atoms with E-state index in [1.165, 1.54) is 28.6 Å². The fourth-order valence-electron chi connectivity index (χ4n) is 4.36. The van der Waals surface area contributed by atoms with Crippen molar-refractivity contribution in [3.8, 4) is 0 Å². The van der Waals surface area contributed by atoms with Crippen LogP contribution in [0.25, 0.3) is 5.65 Å². The van der Waals surface area contributed by atoms with Crippen molar-refractivity contribution >= 4 is 17.4 Å². The summed E-state index contributed by atoms with van der Waals surface area (Å²) in [6, 6.07) is 12.6. The molecule has 1 atom stereocenters. The molecule has 1 amide bonds. The van der Waals surface area contributed by atoms with E-state index in [1.54, 1.807) is 0 Å². The number of benzene rings is 1. The first-order chi connectivity index (χ1) is 15.5. The number of tetrazole rings is 1. The number of nitrogens with one attached hydrogen (secondary N) is 1. The van der Waals surface area contributed by atoms with Gasteiger partial charge in [0.05, 0.1) is 6.04 Å². The second-order valence-electron chi connectivity index (χ2n) is 9.05. The minimum atomic E-state index is 0.0214. The number of rotatable bonds is 8. The van der Waals surface area contributed by atoms with Gasteiger partial charge in [-0.2, -0.15) is 0 Å². The summed E-state index contributed by atoms with van der Waals surface area (Å²) in [6.07, 6.45) is 5.14. The second-order valence-corrected chi connectivity index (χ2v) is 9.05. The van der Waals surface area contributed by atoms with Gasteiger partial charge >= 0.3 is 0 Å². The maximum atomic E-state index is 13.1. The number of aryl methyl sites for hydroxylation is 1. The van der Waals surface area contributed by atoms with E-state index in [9.17, 15) is 4.79 Å². The molecule has 0 radical (unpaired) electrons. The van der Waals surface area contributed by atoms with Gasteiger partial charge in [-0.3, -0.25) is 4.79 Å². The topological polar surface area (TPSA) is 88.3 Å². The fraction of sp³-hybridized carbons (Fsp3) is 0.542. The van der Waals surface area contributed by atoms with Crippen molar-refractivity contribution in [1.82, 2.24) is 30.6 Å². The van der Waals surface area contributed by atoms with Crippen molar-refractivity contribution in [2.75, 3.05) is 18.0 Å². The normalized spacial score (nSPS) is 15.9. The molecule has 0 aliphatic carbocycles. The molecule has 3 aromatic rings. The summed E-state index contributed by atoms with van der Waals surface area (Å²) in [6.45, 7) is 8.12. The first-order valence-corrected chi connectivity index (χ1v) is 11.7. The standard InChI is InChI=1S/C24H33N7O/c1-4-5-6-18-7-9-19(10-8-18)23(17(2)3)25-24(32)20-13-15-30(16-14-20)22-12-11-21-26-28-29-31(21)27-22/h7-12,17,20,23H,4-6,13-16H2,1-3H3,(H,25,32). The lowest BCUT2D eigenvalue weighted by Crippen LogP contribution is -2.42. The number of anilines is 1. The maximum absolute atomic E-state index is 13.1. The van der Waals surface area contributed by atoms with Crippen LogP contribution in [0.4, 0.5) is 5.82 Å². The molecule has 1 aromatic carbocycles. The first-order valence-electron chi connectivity index (χ1n) is 11.7. The third-order valence-corrected chi connectivity index (χ3v) is 6.37. The minimum absolute atomic E-state index is 0.0214. The van der Waals surface area contributed by atoms with E-state index in [-0.39, 0.29) is 17.9 Å². The van der Waals surface area contributed by atoms with Gasteiger partial charge in [0.25, 0.3) is 0 Å². The molecule has 2 aromatic heterocycles. The molecule has 170 valence electrons. The molecule has 0 saturated carbocycles. The fourth-order valence-corrected chi connectivity index (χ4v) is 4.36. The van der Waals surface area contributed by atoms with Crippen molar-refractivity contribution in [3.63, 3.8) is 0 Å². The molecule has 4 rings (SSSR count). The van der Waals surface area contributed by atoms with Gasteiger partial charge in [0.1, 0.15) is 0 Å². The Labute approximate surface area is 189 Å². The van der Waals surface area contributed by atoms with E-state index in [0.717, 1.165) is 38.2 Å². The van der Waals surface area contributed by atoms with Crippen LogP contribution in [-0.2, 0) is 11.2 Å². The summed E-state index contributed by atoms with van der Waals surface area (Å²) in [5, 5.41) is 19.2. The van der Waals surface area contributed by atoms with Crippen molar-refractivity contribution < 1.29 is 4.79 Å². The molecule has 0 bridgehead atoms. The van der Waals surface area contributed by atoms with Crippen LogP contribution in [0, 0.1) is 11.8 Å². The summed E-state index contributed by atoms with van der Waals surface area (Å²) in [5.41, 5.74) is 3.18. The van der Waals surface area contributed by atoms with Gasteiger partial charge in [0.2, 0.25) is 5.91 Å². The number of aromatic nitrogens is 5. The van der Waals surface area contributed by atoms with Crippen LogP contribution in [0.3, 0.4) is 0 Å². The molecular weight excluding hydrogens is 402 g/mol. The number of hydrogen-bond donors (Lipinski definition) is 1. The van der Waals surface area contributed by atoms with Crippen LogP contribution in [-0.4, -0.2) is 44.3 Å². The highest BCUT2D eigenvalue weighted by molar-refractivity contribution is 5.79. The number of fused-ring (bicyclic) bond motifs is 1. The average molecular weight is 436 g/mol. The Hall–Kier alpha value is -3.03. The van der Waals surface area contributed by atoms with Crippen molar-refractivity contribution in [2.24, 2.45) is 11.8 Å². The number of amides is 1. The Bertz CT molecular complexity index is 1020. The third-order valence-electron chi connectivity index (χ3n) is 6.37. The van der Waals surface area contributed by atoms with Crippen LogP contribution >= 0.6 is 0 Å². The van der Waals surface area contributed by atoms with Crippen LogP contribution in [0.1, 0.15) is 63.6 Å². The van der Waals surface area contributed by atoms with Crippen LogP contribution in [0.2, 0.25) is 0 Å². The molecular formula is C24H33N7O. The Kier molecular flexibility index (Phi) is 6.97. The van der Waals surface area contributed by atoms with E-state index in [1.807, 2.05) is 12.1 Å². The maximum Gasteiger partial charge on any atom is 0.223 e. The Morgan fingerprint density at radius 3 is 2.56 bits per heavy atom. The van der Waals surface area contributed by atoms with Gasteiger partial charge in [0, 0.05) is 19.0 Å². The predicted molar refractivity (Wildman–Crippen MR) is 124 cm³/mol. The van der Waals surface area contributed by atoms with E-state index in [0.29, 0.717) is 11.6 Å². The molecule has 1 N–H and O–H groups in total. The molecule has 3 heterocycles. The zero-order valence-electron chi connectivity index (χ0n) is 19.2. The van der Waals surface area contributed by atoms with E-state index in [2.05, 4.69) is 75.9 Å². The number of unbranched alkanes of at least 4 members (excludes halogenated alkanes) is 1. The van der Waals surface area contributed by atoms with Gasteiger partial charge < -0.3 is 10.2 Å². The SMILES string of the molecule is CCCCc1ccc(C(NC(=O)C2CCN(c3ccc4nnnn4n3)CC2)C(C)C)cc1. The zero-order chi connectivity index (χ0) is 22.5. The second kappa shape index (κ2) is 10.1. The van der Waals surface area contributed by atoms with Crippen LogP contribution in [0.5, 0.6) is 0 Å². The summed E-state index contributed by atoms with van der Waals surface area (Å²) in [7, 11) is 0. The van der Waals surface area contributed by atoms with Crippen LogP contribution < -0.4 is 10.2 Å². The van der Waals surface area contributed by atoms with Gasteiger partial charge in [0.15, 0.2) is 11.5 Å². The summed E-state index contributed by atoms with van der Waals surface area (Å²) >= 11 is 0. The van der Waals surface area contributed by atoms with Gasteiger partial charge in [-0.05, 0) is 65.3 Å². The third kappa shape index (κ3) is 5.06. The number of nitrogens with zero attached hydrogens (tertiary/aromatic N) is 6. The monoisotopic (exact) mass is 435 g/mol. The Balaban J connectivity index is 1.35. The molecule has 1 aliphatic rings. The summed E-state index contributed by atoms with van der Waals surface area (Å²) < 4.78 is 1.44. The van der Waals surface area contributed by atoms with E-state index < -0.39 is 0 Å². The number of carbonyl (C=O) groups excluding carboxylic acids is 1. The Morgan fingerprint density at radius 2 is 1.88 bits per heavy atom. The van der Waals surface area contributed by atoms with Crippen molar-refractivity contribution in [3.05, 3.63) is 47.5 Å². The highest BCUT2D eigenvalue weighted by Gasteiger charge is 2.28. The molecule has 0 spiro atoms. The number of carbonyl (C=O) groups is 1. The van der Waals surface area contributed by atoms with Gasteiger partial charge in [-0.25, -0.2) is 0 Å². The zero-order valence-corrected chi connectivity index (χ0v) is 19.2. The van der Waals surface area contributed by atoms with E-state index >= 15 is 0 Å². The number of hydrogen-bond acceptors (Lipinski definition) is 6. The predicted octanol–water partition coefficient (Wildman–Crippen LogP) is 3.59. The van der Waals surface area contributed by atoms with Crippen molar-refractivity contribution in [1.29, 1.82) is 0 Å². The first kappa shape index (κ1) is 22.2. The molecule has 1 unspecified atom stereocenters. The molecule has 1 saturated heterocycles. The largest absolute Gasteiger partial charge is 0.355 e. The Morgan fingerprint density at radius 1 is 1.12 bits per heavy atom.